The molecule has 0 bridgehead atoms. The minimum absolute atomic E-state index is 0.0482. The number of unbranched alkanes of at least 4 members (excludes halogenated alkanes) is 2. The molecule has 4 atom stereocenters. The Hall–Kier alpha value is -8.94. The van der Waals surface area contributed by atoms with Crippen LogP contribution in [0.1, 0.15) is 146 Å². The fourth-order valence-electron chi connectivity index (χ4n) is 12.8. The zero-order chi connectivity index (χ0) is 63.6. The zero-order valence-electron chi connectivity index (χ0n) is 48.8. The van der Waals surface area contributed by atoms with Gasteiger partial charge in [0.1, 0.15) is 24.2 Å². The number of piperidine rings is 2. The van der Waals surface area contributed by atoms with Gasteiger partial charge in [0.25, 0.3) is 17.7 Å². The number of anilines is 1. The van der Waals surface area contributed by atoms with E-state index in [2.05, 4.69) is 33.1 Å². The number of carbonyl (C=O) groups is 9. The van der Waals surface area contributed by atoms with Crippen molar-refractivity contribution in [3.05, 3.63) is 170 Å². The van der Waals surface area contributed by atoms with Gasteiger partial charge in [0.05, 0.1) is 22.2 Å². The van der Waals surface area contributed by atoms with Crippen LogP contribution in [0, 0.1) is 17.8 Å². The number of amides is 9. The third-order valence-electron chi connectivity index (χ3n) is 17.5. The van der Waals surface area contributed by atoms with E-state index in [0.717, 1.165) is 65.0 Å². The van der Waals surface area contributed by atoms with Crippen LogP contribution in [0.4, 0.5) is 14.5 Å². The van der Waals surface area contributed by atoms with Crippen molar-refractivity contribution in [1.29, 1.82) is 0 Å². The fourth-order valence-corrected chi connectivity index (χ4v) is 14.3. The molecule has 5 aliphatic heterocycles. The molecule has 6 aromatic rings. The van der Waals surface area contributed by atoms with E-state index in [0.29, 0.717) is 41.6 Å². The largest absolute Gasteiger partial charge is 0.399 e. The maximum absolute atomic E-state index is 15.7. The van der Waals surface area contributed by atoms with Crippen LogP contribution in [-0.4, -0.2) is 110 Å². The number of imide groups is 1. The average molecular weight is 1260 g/mol. The lowest BCUT2D eigenvalue weighted by Crippen LogP contribution is -2.57. The molecule has 1 aromatic heterocycles. The first-order chi connectivity index (χ1) is 43.1. The number of nitrogens with zero attached hydrogens (tertiary/aromatic N) is 3. The Kier molecular flexibility index (Phi) is 18.3. The molecule has 2 saturated heterocycles. The number of halogens is 2. The number of nitrogens with one attached hydrogen (secondary N) is 4. The monoisotopic (exact) mass is 1260 g/mol. The number of aryl methyl sites for hydroxylation is 1. The molecule has 9 amide bonds. The highest BCUT2D eigenvalue weighted by Crippen LogP contribution is 2.60. The number of para-hydroxylation sites is 1. The summed E-state index contributed by atoms with van der Waals surface area (Å²) in [6.45, 7) is 0.721. The third kappa shape index (κ3) is 13.1. The van der Waals surface area contributed by atoms with Gasteiger partial charge in [-0.3, -0.25) is 57.9 Å². The number of benzene rings is 5. The Morgan fingerprint density at radius 2 is 1.52 bits per heavy atom. The molecule has 0 aliphatic carbocycles. The molecular weight excluding hydrogens is 1200 g/mol. The van der Waals surface area contributed by atoms with Gasteiger partial charge in [-0.15, -0.1) is 11.3 Å². The Morgan fingerprint density at radius 1 is 0.822 bits per heavy atom. The second-order valence-electron chi connectivity index (χ2n) is 23.4. The highest BCUT2D eigenvalue weighted by molar-refractivity contribution is 7.52. The van der Waals surface area contributed by atoms with Crippen LogP contribution < -0.4 is 31.9 Å². The van der Waals surface area contributed by atoms with Gasteiger partial charge in [0, 0.05) is 66.7 Å². The summed E-state index contributed by atoms with van der Waals surface area (Å²) in [4.78, 5) is 146. The van der Waals surface area contributed by atoms with Crippen LogP contribution in [0.15, 0.2) is 115 Å². The lowest BCUT2D eigenvalue weighted by Gasteiger charge is -2.32. The number of nitrogens with two attached hydrogens (primary N) is 1. The van der Waals surface area contributed by atoms with Crippen molar-refractivity contribution in [2.24, 2.45) is 11.7 Å². The van der Waals surface area contributed by atoms with Gasteiger partial charge in [-0.25, -0.2) is 0 Å². The number of thiophene rings is 1. The summed E-state index contributed by atoms with van der Waals surface area (Å²) in [6, 6.07) is 26.7. The van der Waals surface area contributed by atoms with E-state index in [-0.39, 0.29) is 103 Å². The second-order valence-corrected chi connectivity index (χ2v) is 26.1. The Bertz CT molecular complexity index is 3950. The predicted molar refractivity (Wildman–Crippen MR) is 328 cm³/mol. The second kappa shape index (κ2) is 26.3. The highest BCUT2D eigenvalue weighted by atomic mass is 32.1. The fraction of sp³-hybridized carbons (Fsp3) is 0.348. The Labute approximate surface area is 520 Å². The number of alkyl halides is 2. The van der Waals surface area contributed by atoms with Crippen molar-refractivity contribution in [3.8, 4) is 11.8 Å². The van der Waals surface area contributed by atoms with E-state index in [1.54, 1.807) is 24.3 Å². The molecule has 0 saturated carbocycles. The minimum Gasteiger partial charge on any atom is -0.370 e. The minimum atomic E-state index is -6.14. The van der Waals surface area contributed by atoms with Crippen LogP contribution >= 0.6 is 18.9 Å². The summed E-state index contributed by atoms with van der Waals surface area (Å²) in [5.41, 5.74) is 4.72. The third-order valence-corrected chi connectivity index (χ3v) is 19.7. The Balaban J connectivity index is 0.752. The van der Waals surface area contributed by atoms with E-state index in [1.165, 1.54) is 20.8 Å². The van der Waals surface area contributed by atoms with Crippen LogP contribution in [-0.2, 0) is 58.4 Å². The summed E-state index contributed by atoms with van der Waals surface area (Å²) in [7, 11) is -6.14. The van der Waals surface area contributed by atoms with Crippen LogP contribution in [0.25, 0.3) is 10.1 Å². The Morgan fingerprint density at radius 3 is 2.21 bits per heavy atom. The average Bonchev–Trinajstić information content (AvgIpc) is 1.58. The first-order valence-corrected chi connectivity index (χ1v) is 32.4. The number of hydrogen-bond donors (Lipinski definition) is 7. The van der Waals surface area contributed by atoms with E-state index in [1.807, 2.05) is 72.8 Å². The lowest BCUT2D eigenvalue weighted by molar-refractivity contribution is -0.137. The smallest absolute Gasteiger partial charge is 0.370 e. The van der Waals surface area contributed by atoms with Gasteiger partial charge >= 0.3 is 13.3 Å². The maximum Gasteiger partial charge on any atom is 0.399 e. The van der Waals surface area contributed by atoms with Crippen LogP contribution in [0.5, 0.6) is 0 Å². The molecule has 2 fully saturated rings. The standard InChI is InChI=1S/C66H65F2N8O12PS/c67-66(68,89(86,87)88)45-33-44-35-53(90-58(44)47(36-45)63(83)74-31-29-38(30-32-74)13-5-1-2-6-14-39-19-12-22-46-48(39)37-75(64(46)84)51-26-28-55(78)72-60(51)80)62(82)71-50-24-23-42-20-11-21-43-34-52(76(57(42)43)65(50)85)61(81)70-49(25-27-54(69)77)59(79)73-56(40-15-7-3-8-16-40)41-17-9-4-10-18-41/h3-4,7-12,15-22,33,35-36,38,49-52,56H,1-2,5,13,23-32,34,37H2,(H2,69,77)(H,70,81)(H,71,82)(H,73,79)(H,72,78,80)(H2,86,87,88)/t49-,50-,51?,52-/m0/s1. The summed E-state index contributed by atoms with van der Waals surface area (Å²) < 4.78 is 43.7. The van der Waals surface area contributed by atoms with Gasteiger partial charge in [0.2, 0.25) is 35.4 Å². The maximum atomic E-state index is 15.7. The molecule has 5 aliphatic rings. The van der Waals surface area contributed by atoms with Gasteiger partial charge in [-0.1, -0.05) is 110 Å². The van der Waals surface area contributed by atoms with E-state index >= 15 is 8.78 Å². The van der Waals surface area contributed by atoms with Crippen molar-refractivity contribution in [2.75, 3.05) is 18.0 Å². The van der Waals surface area contributed by atoms with Crippen LogP contribution in [0.2, 0.25) is 0 Å². The molecule has 8 N–H and O–H groups in total. The van der Waals surface area contributed by atoms with Gasteiger partial charge < -0.3 is 41.3 Å². The molecule has 6 heterocycles. The summed E-state index contributed by atoms with van der Waals surface area (Å²) in [5, 5.41) is 10.9. The summed E-state index contributed by atoms with van der Waals surface area (Å²) in [6.07, 6.45) is 4.54. The number of fused-ring (bicyclic) bond motifs is 2. The first-order valence-electron chi connectivity index (χ1n) is 29.9. The number of carbonyl (C=O) groups excluding carboxylic acids is 9. The molecule has 0 spiro atoms. The molecular formula is C66H65F2N8O12PS. The van der Waals surface area contributed by atoms with Crippen molar-refractivity contribution < 1.29 is 66.3 Å². The van der Waals surface area contributed by atoms with E-state index in [4.69, 9.17) is 5.73 Å². The predicted octanol–water partition coefficient (Wildman–Crippen LogP) is 7.01. The van der Waals surface area contributed by atoms with E-state index < -0.39 is 90.4 Å². The molecule has 11 rings (SSSR count). The number of likely N-dealkylation sites (tertiary alicyclic amines) is 1. The quantitative estimate of drug-likeness (QED) is 0.0187. The summed E-state index contributed by atoms with van der Waals surface area (Å²) in [5.74, 6) is 1.34. The van der Waals surface area contributed by atoms with Crippen molar-refractivity contribution >= 4 is 87.9 Å². The van der Waals surface area contributed by atoms with Crippen molar-refractivity contribution in [2.45, 2.75) is 126 Å². The van der Waals surface area contributed by atoms with Crippen molar-refractivity contribution in [1.82, 2.24) is 31.1 Å². The van der Waals surface area contributed by atoms with E-state index in [9.17, 15) is 57.5 Å². The normalized spacial score (nSPS) is 18.7. The number of rotatable bonds is 19. The highest BCUT2D eigenvalue weighted by Gasteiger charge is 2.51. The zero-order valence-corrected chi connectivity index (χ0v) is 50.5. The number of primary amides is 1. The van der Waals surface area contributed by atoms with Gasteiger partial charge in [-0.05, 0) is 114 Å². The van der Waals surface area contributed by atoms with Gasteiger partial charge in [-0.2, -0.15) is 8.78 Å². The molecule has 24 heteroatoms. The molecule has 90 heavy (non-hydrogen) atoms. The molecule has 466 valence electrons. The van der Waals surface area contributed by atoms with Crippen LogP contribution in [0.3, 0.4) is 0 Å². The molecule has 5 aromatic carbocycles. The molecule has 20 nitrogen and oxygen atoms in total. The topological polar surface area (TPSA) is 295 Å². The molecule has 0 radical (unpaired) electrons. The van der Waals surface area contributed by atoms with Crippen molar-refractivity contribution in [3.63, 3.8) is 0 Å². The SMILES string of the molecule is NC(=O)CC[C@H](NC(=O)[C@@H]1Cc2cccc3c2N1C(=O)[C@@H](NC(=O)c1cc2cc(C(F)(F)P(=O)(O)O)cc(C(=O)N4CCC(CCCCC#Cc5cccc6c5CN(C5CCC(=O)NC5=O)C6=O)CC4)c2s1)CC3)C(=O)NC(c1ccccc1)c1ccccc1. The lowest BCUT2D eigenvalue weighted by atomic mass is 9.91. The molecule has 1 unspecified atom stereocenters. The first kappa shape index (κ1) is 62.7. The summed E-state index contributed by atoms with van der Waals surface area (Å²) >= 11 is 0.790. The number of hydrogen-bond acceptors (Lipinski definition) is 11. The van der Waals surface area contributed by atoms with Gasteiger partial charge in [0.15, 0.2) is 0 Å².